The van der Waals surface area contributed by atoms with E-state index < -0.39 is 17.7 Å². The number of hydrogen-bond acceptors (Lipinski definition) is 5. The summed E-state index contributed by atoms with van der Waals surface area (Å²) >= 11 is 12.2. The number of aliphatic hydroxyl groups excluding tert-OH is 1. The summed E-state index contributed by atoms with van der Waals surface area (Å²) < 4.78 is 10.6. The molecule has 0 spiro atoms. The smallest absolute Gasteiger partial charge is 0.295 e. The molecule has 3 rings (SSSR count). The summed E-state index contributed by atoms with van der Waals surface area (Å²) in [5.41, 5.74) is 0.904. The second-order valence-electron chi connectivity index (χ2n) is 6.62. The van der Waals surface area contributed by atoms with Crippen molar-refractivity contribution >= 4 is 40.7 Å². The van der Waals surface area contributed by atoms with E-state index in [1.54, 1.807) is 42.5 Å². The van der Waals surface area contributed by atoms with Gasteiger partial charge in [-0.3, -0.25) is 9.59 Å². The van der Waals surface area contributed by atoms with Crippen LogP contribution < -0.4 is 4.74 Å². The van der Waals surface area contributed by atoms with Gasteiger partial charge in [0.25, 0.3) is 11.7 Å². The molecule has 0 saturated carbocycles. The molecule has 1 N–H and O–H groups in total. The standard InChI is InChI=1S/C22H21Cl2NO5/c1-3-30-15-6-4-5-14(11-15)20(26)18-19(13-7-8-16(23)17(24)12-13)25(9-10-29-2)22(28)21(18)27/h4-8,11-12,19,26H,3,9-10H2,1-2H3/b20-18-. The number of aliphatic hydroxyl groups is 1. The Balaban J connectivity index is 2.16. The number of nitrogens with zero attached hydrogens (tertiary/aromatic N) is 1. The lowest BCUT2D eigenvalue weighted by atomic mass is 9.95. The third-order valence-electron chi connectivity index (χ3n) is 4.75. The summed E-state index contributed by atoms with van der Waals surface area (Å²) in [6.07, 6.45) is 0. The molecular formula is C22H21Cl2NO5. The highest BCUT2D eigenvalue weighted by atomic mass is 35.5. The van der Waals surface area contributed by atoms with Crippen molar-refractivity contribution in [2.45, 2.75) is 13.0 Å². The maximum Gasteiger partial charge on any atom is 0.295 e. The summed E-state index contributed by atoms with van der Waals surface area (Å²) in [6, 6.07) is 10.7. The first-order valence-electron chi connectivity index (χ1n) is 9.34. The van der Waals surface area contributed by atoms with Crippen LogP contribution in [0.5, 0.6) is 5.75 Å². The number of carbonyl (C=O) groups excluding carboxylic acids is 2. The molecule has 1 fully saturated rings. The van der Waals surface area contributed by atoms with E-state index >= 15 is 0 Å². The van der Waals surface area contributed by atoms with Crippen LogP contribution in [0.25, 0.3) is 5.76 Å². The summed E-state index contributed by atoms with van der Waals surface area (Å²) in [5, 5.41) is 11.7. The minimum absolute atomic E-state index is 0.0249. The molecule has 1 amide bonds. The Morgan fingerprint density at radius 2 is 1.90 bits per heavy atom. The van der Waals surface area contributed by atoms with Crippen molar-refractivity contribution in [1.29, 1.82) is 0 Å². The predicted molar refractivity (Wildman–Crippen MR) is 115 cm³/mol. The molecule has 30 heavy (non-hydrogen) atoms. The first-order valence-corrected chi connectivity index (χ1v) is 10.1. The second kappa shape index (κ2) is 9.51. The number of rotatable bonds is 7. The van der Waals surface area contributed by atoms with Crippen LogP contribution in [0.3, 0.4) is 0 Å². The highest BCUT2D eigenvalue weighted by Crippen LogP contribution is 2.41. The lowest BCUT2D eigenvalue weighted by Gasteiger charge is -2.25. The molecule has 1 aliphatic heterocycles. The lowest BCUT2D eigenvalue weighted by molar-refractivity contribution is -0.140. The van der Waals surface area contributed by atoms with Gasteiger partial charge in [0.15, 0.2) is 0 Å². The van der Waals surface area contributed by atoms with E-state index in [0.29, 0.717) is 28.5 Å². The monoisotopic (exact) mass is 449 g/mol. The molecular weight excluding hydrogens is 429 g/mol. The number of halogens is 2. The number of ketones is 1. The second-order valence-corrected chi connectivity index (χ2v) is 7.43. The summed E-state index contributed by atoms with van der Waals surface area (Å²) in [4.78, 5) is 27.0. The predicted octanol–water partition coefficient (Wildman–Crippen LogP) is 4.46. The van der Waals surface area contributed by atoms with Gasteiger partial charge in [-0.15, -0.1) is 0 Å². The summed E-state index contributed by atoms with van der Waals surface area (Å²) in [7, 11) is 1.50. The van der Waals surface area contributed by atoms with Crippen molar-refractivity contribution < 1.29 is 24.2 Å². The largest absolute Gasteiger partial charge is 0.507 e. The maximum atomic E-state index is 12.9. The van der Waals surface area contributed by atoms with Gasteiger partial charge in [0.2, 0.25) is 0 Å². The van der Waals surface area contributed by atoms with Gasteiger partial charge in [-0.2, -0.15) is 0 Å². The van der Waals surface area contributed by atoms with E-state index in [-0.39, 0.29) is 29.5 Å². The van der Waals surface area contributed by atoms with Crippen molar-refractivity contribution in [2.24, 2.45) is 0 Å². The molecule has 6 nitrogen and oxygen atoms in total. The van der Waals surface area contributed by atoms with E-state index in [4.69, 9.17) is 32.7 Å². The molecule has 8 heteroatoms. The Bertz CT molecular complexity index is 1000. The van der Waals surface area contributed by atoms with Gasteiger partial charge in [0, 0.05) is 19.2 Å². The number of Topliss-reactive ketones (excluding diaryl/α,β-unsaturated/α-hetero) is 1. The zero-order valence-electron chi connectivity index (χ0n) is 16.5. The van der Waals surface area contributed by atoms with Gasteiger partial charge in [-0.1, -0.05) is 41.4 Å². The molecule has 158 valence electrons. The number of likely N-dealkylation sites (tertiary alicyclic amines) is 1. The number of hydrogen-bond donors (Lipinski definition) is 1. The van der Waals surface area contributed by atoms with Gasteiger partial charge in [0.1, 0.15) is 11.5 Å². The van der Waals surface area contributed by atoms with Crippen LogP contribution in [0, 0.1) is 0 Å². The number of benzene rings is 2. The summed E-state index contributed by atoms with van der Waals surface area (Å²) in [6.45, 7) is 2.69. The van der Waals surface area contributed by atoms with Gasteiger partial charge < -0.3 is 19.5 Å². The van der Waals surface area contributed by atoms with Gasteiger partial charge in [-0.05, 0) is 36.8 Å². The molecule has 2 aromatic carbocycles. The Morgan fingerprint density at radius 1 is 1.13 bits per heavy atom. The fourth-order valence-corrected chi connectivity index (χ4v) is 3.69. The highest BCUT2D eigenvalue weighted by molar-refractivity contribution is 6.46. The maximum absolute atomic E-state index is 12.9. The Hall–Kier alpha value is -2.54. The number of carbonyl (C=O) groups is 2. The number of amides is 1. The zero-order chi connectivity index (χ0) is 21.8. The van der Waals surface area contributed by atoms with Crippen LogP contribution in [0.15, 0.2) is 48.0 Å². The SMILES string of the molecule is CCOc1cccc(/C(O)=C2/C(=O)C(=O)N(CCOC)C2c2ccc(Cl)c(Cl)c2)c1. The highest BCUT2D eigenvalue weighted by Gasteiger charge is 2.46. The first-order chi connectivity index (χ1) is 14.4. The molecule has 1 atom stereocenters. The van der Waals surface area contributed by atoms with Gasteiger partial charge in [0.05, 0.1) is 34.9 Å². The average Bonchev–Trinajstić information content (AvgIpc) is 2.99. The van der Waals surface area contributed by atoms with Crippen molar-refractivity contribution in [3.05, 3.63) is 69.2 Å². The number of ether oxygens (including phenoxy) is 2. The summed E-state index contributed by atoms with van der Waals surface area (Å²) in [5.74, 6) is -1.24. The molecule has 0 radical (unpaired) electrons. The van der Waals surface area contributed by atoms with Crippen LogP contribution in [0.1, 0.15) is 24.1 Å². The Kier molecular flexibility index (Phi) is 7.02. The van der Waals surface area contributed by atoms with E-state index in [2.05, 4.69) is 0 Å². The average molecular weight is 450 g/mol. The molecule has 0 aliphatic carbocycles. The van der Waals surface area contributed by atoms with Crippen LogP contribution in [-0.4, -0.2) is 48.6 Å². The minimum atomic E-state index is -0.828. The van der Waals surface area contributed by atoms with E-state index in [1.807, 2.05) is 6.92 Å². The van der Waals surface area contributed by atoms with Crippen LogP contribution in [0.2, 0.25) is 10.0 Å². The van der Waals surface area contributed by atoms with Crippen LogP contribution in [0.4, 0.5) is 0 Å². The van der Waals surface area contributed by atoms with Crippen LogP contribution >= 0.6 is 23.2 Å². The van der Waals surface area contributed by atoms with E-state index in [1.165, 1.54) is 12.0 Å². The molecule has 1 heterocycles. The minimum Gasteiger partial charge on any atom is -0.507 e. The fourth-order valence-electron chi connectivity index (χ4n) is 3.38. The van der Waals surface area contributed by atoms with Gasteiger partial charge in [-0.25, -0.2) is 0 Å². The molecule has 1 saturated heterocycles. The topological polar surface area (TPSA) is 76.1 Å². The molecule has 2 aromatic rings. The third-order valence-corrected chi connectivity index (χ3v) is 5.49. The van der Waals surface area contributed by atoms with Crippen LogP contribution in [-0.2, 0) is 14.3 Å². The normalized spacial score (nSPS) is 18.1. The molecule has 1 aliphatic rings. The first kappa shape index (κ1) is 22.2. The van der Waals surface area contributed by atoms with Crippen molar-refractivity contribution in [2.75, 3.05) is 26.9 Å². The van der Waals surface area contributed by atoms with E-state index in [0.717, 1.165) is 0 Å². The molecule has 0 bridgehead atoms. The number of methoxy groups -OCH3 is 1. The molecule has 0 aromatic heterocycles. The zero-order valence-corrected chi connectivity index (χ0v) is 18.0. The van der Waals surface area contributed by atoms with Crippen molar-refractivity contribution in [3.8, 4) is 5.75 Å². The van der Waals surface area contributed by atoms with Crippen molar-refractivity contribution in [1.82, 2.24) is 4.90 Å². The van der Waals surface area contributed by atoms with E-state index in [9.17, 15) is 14.7 Å². The Labute approximate surface area is 184 Å². The third kappa shape index (κ3) is 4.31. The lowest BCUT2D eigenvalue weighted by Crippen LogP contribution is -2.32. The molecule has 1 unspecified atom stereocenters. The quantitative estimate of drug-likeness (QED) is 0.383. The van der Waals surface area contributed by atoms with Crippen molar-refractivity contribution in [3.63, 3.8) is 0 Å². The fraction of sp³-hybridized carbons (Fsp3) is 0.273. The Morgan fingerprint density at radius 3 is 2.57 bits per heavy atom. The van der Waals surface area contributed by atoms with Gasteiger partial charge >= 0.3 is 0 Å².